The molecule has 6 heterocycles. The molecule has 21 aromatic rings. The molecule has 560 valence electrons. The molecular weight excluding hydrogens is 1460 g/mol. The molecule has 4 aliphatic heterocycles. The van der Waals surface area contributed by atoms with E-state index >= 15 is 0 Å². The van der Waals surface area contributed by atoms with E-state index in [1.807, 2.05) is 161 Å². The fourth-order valence-corrected chi connectivity index (χ4v) is 19.9. The number of hydrogen-bond acceptors (Lipinski definition) is 3. The van der Waals surface area contributed by atoms with Gasteiger partial charge in [0.15, 0.2) is 0 Å². The molecule has 25 rings (SSSR count). The van der Waals surface area contributed by atoms with Crippen LogP contribution in [-0.4, -0.2) is 22.8 Å². The summed E-state index contributed by atoms with van der Waals surface area (Å²) in [5.41, 5.74) is 24.5. The zero-order chi connectivity index (χ0) is 91.5. The summed E-state index contributed by atoms with van der Waals surface area (Å²) in [7, 11) is 0. The predicted molar refractivity (Wildman–Crippen MR) is 511 cm³/mol. The van der Waals surface area contributed by atoms with E-state index < -0.39 is 86.2 Å². The lowest BCUT2D eigenvalue weighted by Crippen LogP contribution is -2.74. The summed E-state index contributed by atoms with van der Waals surface area (Å²) in [5.74, 6) is 0. The van der Waals surface area contributed by atoms with Crippen molar-refractivity contribution in [1.82, 2.24) is 9.13 Å². The summed E-state index contributed by atoms with van der Waals surface area (Å²) < 4.78 is 149. The fraction of sp³-hybridized carbons (Fsp3) is 0. The molecule has 19 aromatic carbocycles. The first-order valence-electron chi connectivity index (χ1n) is 47.9. The number of nitrogens with zero attached hydrogens (tertiary/aromatic N) is 5. The van der Waals surface area contributed by atoms with E-state index in [0.717, 1.165) is 112 Å². The molecule has 0 saturated carbocycles. The van der Waals surface area contributed by atoms with Crippen molar-refractivity contribution in [3.05, 3.63) is 443 Å². The third kappa shape index (κ3) is 10.6. The van der Waals surface area contributed by atoms with Gasteiger partial charge in [0.05, 0.1) is 52.6 Å². The van der Waals surface area contributed by atoms with Crippen molar-refractivity contribution >= 4 is 119 Å². The van der Waals surface area contributed by atoms with Crippen LogP contribution in [0.1, 0.15) is 19.2 Å². The van der Waals surface area contributed by atoms with E-state index in [1.165, 1.54) is 0 Å². The van der Waals surface area contributed by atoms with E-state index in [1.54, 1.807) is 0 Å². The average Bonchev–Trinajstić information content (AvgIpc) is 1.55. The van der Waals surface area contributed by atoms with Gasteiger partial charge in [0, 0.05) is 94.7 Å². The number of rotatable bonds is 14. The average molecular weight is 1550 g/mol. The standard InChI is InChI=1S/C114H73B2N5/c1-9-34-74(35-10-1)82-64-83(75-36-11-2-12-37-75)67-86(66-82)117(110-90(78-42-17-5-18-43-78)52-29-53-91(110)79-44-19-6-20-45-79)88-70-100-98-56-31-57-99-101-71-89(118(87-68-84(76-38-13-3-14-39-76)65-85(69-87)77-40-15-4-16-41-77)111-92(80-46-21-7-22-47-80)54-30-55-93(111)81-48-23-8-24-49-81)73-107-109(101)116(103-61-33-59-97-95-51-26-28-63-105(95)120(107)114(97)103)121(112(98)99)115-102-60-32-58-96-94-50-25-27-62-104(94)119(113(96)102)106(72-88)108(100)115/h1-73H/i25D,26D,27D,28D,32D,33D,50D,51D,58D,59D,60D,61D,62D,63D. The Hall–Kier alpha value is -15.7. The Morgan fingerprint density at radius 2 is 0.504 bits per heavy atom. The number of anilines is 7. The molecule has 0 aliphatic carbocycles. The molecule has 5 nitrogen and oxygen atoms in total. The number of benzene rings is 19. The second kappa shape index (κ2) is 27.5. The molecule has 0 atom stereocenters. The smallest absolute Gasteiger partial charge is 0.316 e. The van der Waals surface area contributed by atoms with Crippen LogP contribution in [0.5, 0.6) is 0 Å². The normalized spacial score (nSPS) is 14.0. The molecule has 7 heteroatoms. The second-order valence-corrected chi connectivity index (χ2v) is 31.4. The van der Waals surface area contributed by atoms with Gasteiger partial charge in [-0.2, -0.15) is 0 Å². The van der Waals surface area contributed by atoms with Gasteiger partial charge in [0.2, 0.25) is 0 Å². The first-order valence-corrected chi connectivity index (χ1v) is 40.9. The van der Waals surface area contributed by atoms with E-state index in [0.29, 0.717) is 61.6 Å². The number of hydrogen-bond donors (Lipinski definition) is 0. The molecule has 0 unspecified atom stereocenters. The van der Waals surface area contributed by atoms with Crippen molar-refractivity contribution in [3.63, 3.8) is 0 Å². The molecule has 2 aromatic heterocycles. The highest BCUT2D eigenvalue weighted by Crippen LogP contribution is 2.57. The molecular formula is C114H73B2N5. The van der Waals surface area contributed by atoms with Gasteiger partial charge in [0.25, 0.3) is 0 Å². The molecule has 0 amide bonds. The number of fused-ring (bicyclic) bond motifs is 14. The highest BCUT2D eigenvalue weighted by atomic mass is 15.2. The molecule has 0 radical (unpaired) electrons. The first kappa shape index (κ1) is 55.8. The summed E-state index contributed by atoms with van der Waals surface area (Å²) in [6.07, 6.45) is 0. The van der Waals surface area contributed by atoms with Gasteiger partial charge in [-0.3, -0.25) is 0 Å². The van der Waals surface area contributed by atoms with Crippen LogP contribution in [0, 0.1) is 0 Å². The van der Waals surface area contributed by atoms with Crippen LogP contribution in [0.3, 0.4) is 0 Å². The van der Waals surface area contributed by atoms with Gasteiger partial charge in [0.1, 0.15) is 0 Å². The minimum atomic E-state index is -1.28. The van der Waals surface area contributed by atoms with E-state index in [-0.39, 0.29) is 66.6 Å². The Balaban J connectivity index is 0.881. The number of aromatic nitrogens is 2. The SMILES string of the molecule is [2H]c1c([2H])c([2H])c2c(c1[2H])c1c([2H])c([2H])c([2H])c3c1n2-c1cc(N(c2cc(-c4ccccc4)cc(-c4ccccc4)c2)c2c(-c4ccccc4)cccc2-c2ccccc2)cc2c1B3N1B3c4c(cc(N(c5cc(-c6ccccc6)cc(-c6ccccc6)c5)c5c(-c6ccccc6)cccc5-c5ccccc5)cc4-n4c5c([2H])c([2H])c([2H])c([2H])c5c5c([2H])c([2H])c([2H])c3c54)-c3cccc-2c31. The quantitative estimate of drug-likeness (QED) is 0.101. The van der Waals surface area contributed by atoms with Crippen LogP contribution in [0.2, 0.25) is 0 Å². The summed E-state index contributed by atoms with van der Waals surface area (Å²) in [5, 5.41) is 0.00138. The van der Waals surface area contributed by atoms with Crippen molar-refractivity contribution in [2.45, 2.75) is 0 Å². The Kier molecular flexibility index (Phi) is 12.7. The van der Waals surface area contributed by atoms with Gasteiger partial charge >= 0.3 is 13.7 Å². The molecule has 0 saturated heterocycles. The van der Waals surface area contributed by atoms with Gasteiger partial charge in [-0.1, -0.05) is 370 Å². The van der Waals surface area contributed by atoms with Gasteiger partial charge in [-0.05, 0) is 172 Å². The molecule has 0 spiro atoms. The monoisotopic (exact) mass is 1550 g/mol. The highest BCUT2D eigenvalue weighted by molar-refractivity contribution is 7.09. The fourth-order valence-electron chi connectivity index (χ4n) is 19.9. The third-order valence-electron chi connectivity index (χ3n) is 24.9. The maximum Gasteiger partial charge on any atom is 0.316 e. The third-order valence-corrected chi connectivity index (χ3v) is 24.9. The minimum Gasteiger partial charge on any atom is -0.444 e. The zero-order valence-corrected chi connectivity index (χ0v) is 65.0. The Bertz CT molecular complexity index is 7950. The Morgan fingerprint density at radius 1 is 0.223 bits per heavy atom. The van der Waals surface area contributed by atoms with Crippen molar-refractivity contribution in [3.8, 4) is 123 Å². The summed E-state index contributed by atoms with van der Waals surface area (Å²) in [4.78, 5) is 4.62. The topological polar surface area (TPSA) is 19.6 Å². The Morgan fingerprint density at radius 3 is 0.826 bits per heavy atom. The van der Waals surface area contributed by atoms with Crippen molar-refractivity contribution in [2.24, 2.45) is 0 Å². The maximum absolute atomic E-state index is 11.0. The van der Waals surface area contributed by atoms with Crippen molar-refractivity contribution in [1.29, 1.82) is 0 Å². The summed E-state index contributed by atoms with van der Waals surface area (Å²) in [6.45, 7) is -2.56. The van der Waals surface area contributed by atoms with Crippen molar-refractivity contribution < 1.29 is 19.2 Å². The van der Waals surface area contributed by atoms with Crippen LogP contribution < -0.4 is 36.4 Å². The molecule has 121 heavy (non-hydrogen) atoms. The molecule has 4 aliphatic rings. The number of para-hydroxylation sites is 7. The zero-order valence-electron chi connectivity index (χ0n) is 79.0. The lowest BCUT2D eigenvalue weighted by atomic mass is 9.32. The highest BCUT2D eigenvalue weighted by Gasteiger charge is 2.53. The second-order valence-electron chi connectivity index (χ2n) is 31.4. The maximum atomic E-state index is 11.0. The van der Waals surface area contributed by atoms with Crippen LogP contribution in [0.15, 0.2) is 443 Å². The molecule has 0 N–H and O–H groups in total. The lowest BCUT2D eigenvalue weighted by Gasteiger charge is -2.50. The van der Waals surface area contributed by atoms with Crippen LogP contribution in [0.25, 0.3) is 166 Å². The van der Waals surface area contributed by atoms with E-state index in [4.69, 9.17) is 0 Å². The van der Waals surface area contributed by atoms with Gasteiger partial charge < -0.3 is 23.7 Å². The first-order chi connectivity index (χ1) is 65.9. The molecule has 0 bridgehead atoms. The predicted octanol–water partition coefficient (Wildman–Crippen LogP) is 27.2. The largest absolute Gasteiger partial charge is 0.444 e. The van der Waals surface area contributed by atoms with Gasteiger partial charge in [-0.15, -0.1) is 0 Å². The van der Waals surface area contributed by atoms with E-state index in [9.17, 15) is 19.2 Å². The lowest BCUT2D eigenvalue weighted by molar-refractivity contribution is 1.17. The molecule has 0 fully saturated rings. The van der Waals surface area contributed by atoms with Gasteiger partial charge in [-0.25, -0.2) is 0 Å². The van der Waals surface area contributed by atoms with Crippen LogP contribution in [-0.2, 0) is 0 Å². The van der Waals surface area contributed by atoms with Crippen LogP contribution in [0.4, 0.5) is 39.8 Å². The van der Waals surface area contributed by atoms with Crippen molar-refractivity contribution in [2.75, 3.05) is 14.5 Å². The Labute approximate surface area is 723 Å². The summed E-state index contributed by atoms with van der Waals surface area (Å²) >= 11 is 0. The van der Waals surface area contributed by atoms with Crippen LogP contribution >= 0.6 is 0 Å². The minimum absolute atomic E-state index is 0.0201. The van der Waals surface area contributed by atoms with E-state index in [2.05, 4.69) is 221 Å². The summed E-state index contributed by atoms with van der Waals surface area (Å²) in [6, 6.07) is 117.